The monoisotopic (exact) mass is 917 g/mol. The van der Waals surface area contributed by atoms with E-state index < -0.39 is 55.4 Å². The lowest BCUT2D eigenvalue weighted by Crippen LogP contribution is -2.49. The molecule has 0 aliphatic carbocycles. The molecular weight excluding hydrogens is 854 g/mol. The van der Waals surface area contributed by atoms with Gasteiger partial charge in [-0.05, 0) is 126 Å². The number of amides is 2. The lowest BCUT2D eigenvalue weighted by Gasteiger charge is -2.42. The van der Waals surface area contributed by atoms with Gasteiger partial charge >= 0.3 is 6.18 Å². The molecule has 2 amide bonds. The van der Waals surface area contributed by atoms with Crippen molar-refractivity contribution < 1.29 is 46.6 Å². The Bertz CT molecular complexity index is 2940. The Morgan fingerprint density at radius 2 is 1.58 bits per heavy atom. The highest BCUT2D eigenvalue weighted by molar-refractivity contribution is 5.91. The van der Waals surface area contributed by atoms with Crippen molar-refractivity contribution in [2.45, 2.75) is 76.6 Å². The second kappa shape index (κ2) is 21.0. The highest BCUT2D eigenvalue weighted by atomic mass is 19.4. The predicted octanol–water partition coefficient (Wildman–Crippen LogP) is 10.7. The molecule has 0 radical (unpaired) electrons. The van der Waals surface area contributed by atoms with Crippen LogP contribution in [0, 0.1) is 13.8 Å². The average molecular weight is 918 g/mol. The molecule has 1 fully saturated rings. The van der Waals surface area contributed by atoms with Gasteiger partial charge in [0.1, 0.15) is 17.5 Å². The van der Waals surface area contributed by atoms with Gasteiger partial charge in [0.25, 0.3) is 5.91 Å². The van der Waals surface area contributed by atoms with Crippen LogP contribution in [0.4, 0.5) is 18.9 Å². The van der Waals surface area contributed by atoms with E-state index >= 15 is 0 Å². The number of anilines is 1. The second-order valence-corrected chi connectivity index (χ2v) is 16.8. The molecule has 0 aromatic heterocycles. The van der Waals surface area contributed by atoms with Gasteiger partial charge in [0.15, 0.2) is 6.61 Å². The Morgan fingerprint density at radius 3 is 2.31 bits per heavy atom. The predicted molar refractivity (Wildman–Crippen MR) is 255 cm³/mol. The summed E-state index contributed by atoms with van der Waals surface area (Å²) >= 11 is 0. The molecule has 1 spiro atoms. The van der Waals surface area contributed by atoms with Gasteiger partial charge in [-0.1, -0.05) is 91.0 Å². The number of ether oxygens (including phenoxy) is 3. The topological polar surface area (TPSA) is 101 Å². The van der Waals surface area contributed by atoms with E-state index in [1.165, 1.54) is 24.3 Å². The summed E-state index contributed by atoms with van der Waals surface area (Å²) in [6.45, 7) is 0.183. The van der Waals surface area contributed by atoms with E-state index in [4.69, 9.17) is 23.8 Å². The van der Waals surface area contributed by atoms with Crippen molar-refractivity contribution in [2.75, 3.05) is 38.5 Å². The molecule has 12 heteroatoms. The minimum atomic E-state index is -4.51. The molecule has 3 aliphatic rings. The van der Waals surface area contributed by atoms with Crippen molar-refractivity contribution in [1.29, 1.82) is 0 Å². The van der Waals surface area contributed by atoms with Gasteiger partial charge in [-0.2, -0.15) is 13.2 Å². The molecule has 6 aromatic carbocycles. The van der Waals surface area contributed by atoms with Gasteiger partial charge < -0.3 is 30.2 Å². The van der Waals surface area contributed by atoms with Crippen molar-refractivity contribution >= 4 is 17.5 Å². The summed E-state index contributed by atoms with van der Waals surface area (Å²) in [5.41, 5.74) is 5.90. The number of piperidine rings is 1. The van der Waals surface area contributed by atoms with Crippen molar-refractivity contribution in [2.24, 2.45) is 0 Å². The number of hydrogen-bond donors (Lipinski definition) is 3. The van der Waals surface area contributed by atoms with Gasteiger partial charge in [-0.3, -0.25) is 14.5 Å². The number of carbonyl (C=O) groups is 2. The quantitative estimate of drug-likeness (QED) is 0.119. The molecule has 6 aromatic rings. The van der Waals surface area contributed by atoms with Gasteiger partial charge in [0.05, 0.1) is 12.2 Å². The van der Waals surface area contributed by atoms with Crippen molar-refractivity contribution in [1.82, 2.24) is 15.5 Å². The number of rotatable bonds is 11. The number of carbonyl (C=O) groups excluding carboxylic acids is 2. The molecule has 3 N–H and O–H groups in total. The minimum absolute atomic E-state index is 0.0544. The number of para-hydroxylation sites is 1. The van der Waals surface area contributed by atoms with E-state index in [2.05, 4.69) is 22.8 Å². The number of fused-ring (bicyclic) bond motifs is 2. The third kappa shape index (κ3) is 11.6. The fourth-order valence-corrected chi connectivity index (χ4v) is 8.52. The van der Waals surface area contributed by atoms with Gasteiger partial charge in [0.2, 0.25) is 11.7 Å². The molecule has 3 aliphatic heterocycles. The summed E-state index contributed by atoms with van der Waals surface area (Å²) in [5.74, 6) is -0.186. The van der Waals surface area contributed by atoms with Gasteiger partial charge in [-0.25, -0.2) is 0 Å². The molecule has 348 valence electrons. The molecule has 3 heterocycles. The summed E-state index contributed by atoms with van der Waals surface area (Å²) in [6, 6.07) is 36.7. The Labute approximate surface area is 400 Å². The second-order valence-electron chi connectivity index (χ2n) is 16.8. The van der Waals surface area contributed by atoms with Gasteiger partial charge in [-0.15, -0.1) is 0 Å². The van der Waals surface area contributed by atoms with Crippen LogP contribution in [-0.2, 0) is 39.9 Å². The SMILES string of the molecule is O=C(COc1cccc(-c2ccc3c(c2)COC2(CCNCC2)O3)c1)Nc1ccccc1.[2H]C([2H])([2H])NC(=O)[C@@H](c1ccccc1)N1[C@@H](CCc2ccc(C(F)(F)F)cc2)c2cc(C)c(C)cc2C([2H])([2H])C1([2H])[2H]. The number of nitrogens with one attached hydrogen (secondary N) is 3. The first kappa shape index (κ1) is 38.6. The maximum Gasteiger partial charge on any atom is 0.416 e. The lowest BCUT2D eigenvalue weighted by molar-refractivity contribution is -0.218. The standard InChI is InChI=1S/C29H31F3N2O.C26H26N2O4/c1-19-17-23-15-16-34(27(28(35)33-3)22-7-5-4-6-8-22)26(25(23)18-20(19)2)14-11-21-9-12-24(13-10-21)29(30,31)32;29-25(28-22-6-2-1-3-7-22)18-30-23-8-4-5-19(16-23)20-9-10-24-21(15-20)17-31-26(32-24)11-13-27-14-12-26/h4-10,12-13,17-18,26-27H,11,14-16H2,1-3H3,(H,33,35);1-10,15-16,27H,11-14,17-18H2,(H,28,29)/t26-,27+;/m0./s1/i3D3,15D2,16D2;. The molecule has 9 nitrogen and oxygen atoms in total. The third-order valence-corrected chi connectivity index (χ3v) is 12.2. The zero-order chi connectivity index (χ0) is 53.1. The average Bonchev–Trinajstić information content (AvgIpc) is 3.36. The van der Waals surface area contributed by atoms with E-state index in [-0.39, 0.29) is 36.5 Å². The van der Waals surface area contributed by atoms with Crippen LogP contribution in [0.2, 0.25) is 0 Å². The number of likely N-dealkylation sites (N-methyl/N-ethyl adjacent to an activating group) is 1. The molecular formula is C55H57F3N4O5. The number of halogens is 3. The first-order valence-electron chi connectivity index (χ1n) is 25.7. The summed E-state index contributed by atoms with van der Waals surface area (Å²) < 4.78 is 116. The van der Waals surface area contributed by atoms with Crippen LogP contribution >= 0.6 is 0 Å². The van der Waals surface area contributed by atoms with Crippen LogP contribution in [0.15, 0.2) is 140 Å². The molecule has 0 saturated carbocycles. The van der Waals surface area contributed by atoms with Crippen molar-refractivity contribution in [3.8, 4) is 22.6 Å². The first-order valence-corrected chi connectivity index (χ1v) is 22.2. The maximum absolute atomic E-state index is 13.6. The number of hydrogen-bond acceptors (Lipinski definition) is 7. The zero-order valence-corrected chi connectivity index (χ0v) is 37.2. The number of aryl methyl sites for hydroxylation is 4. The summed E-state index contributed by atoms with van der Waals surface area (Å²) in [6.07, 6.45) is -5.16. The Morgan fingerprint density at radius 1 is 0.866 bits per heavy atom. The van der Waals surface area contributed by atoms with Crippen LogP contribution < -0.4 is 25.4 Å². The summed E-state index contributed by atoms with van der Waals surface area (Å²) in [7, 11) is 0. The van der Waals surface area contributed by atoms with E-state index in [0.29, 0.717) is 23.5 Å². The highest BCUT2D eigenvalue weighted by Gasteiger charge is 2.39. The smallest absolute Gasteiger partial charge is 0.416 e. The maximum atomic E-state index is 13.6. The first-order chi connectivity index (χ1) is 35.0. The third-order valence-electron chi connectivity index (χ3n) is 12.2. The van der Waals surface area contributed by atoms with E-state index in [0.717, 1.165) is 82.2 Å². The highest BCUT2D eigenvalue weighted by Crippen LogP contribution is 2.41. The minimum Gasteiger partial charge on any atom is -0.484 e. The largest absolute Gasteiger partial charge is 0.484 e. The number of alkyl halides is 3. The van der Waals surface area contributed by atoms with E-state index in [1.54, 1.807) is 37.3 Å². The van der Waals surface area contributed by atoms with Crippen molar-refractivity contribution in [3.05, 3.63) is 184 Å². The van der Waals surface area contributed by atoms with Crippen LogP contribution in [0.3, 0.4) is 0 Å². The summed E-state index contributed by atoms with van der Waals surface area (Å²) in [5, 5.41) is 8.13. The lowest BCUT2D eigenvalue weighted by atomic mass is 9.84. The molecule has 2 atom stereocenters. The fraction of sp³-hybridized carbons (Fsp3) is 0.309. The summed E-state index contributed by atoms with van der Waals surface area (Å²) in [4.78, 5) is 26.9. The Hall–Kier alpha value is -6.47. The zero-order valence-electron chi connectivity index (χ0n) is 44.2. The van der Waals surface area contributed by atoms with Crippen LogP contribution in [0.5, 0.6) is 11.5 Å². The Kier molecular flexibility index (Phi) is 12.1. The van der Waals surface area contributed by atoms with Crippen LogP contribution in [-0.4, -0.2) is 55.7 Å². The van der Waals surface area contributed by atoms with Crippen molar-refractivity contribution in [3.63, 3.8) is 0 Å². The number of nitrogens with zero attached hydrogens (tertiary/aromatic N) is 1. The number of benzene rings is 6. The molecule has 1 saturated heterocycles. The van der Waals surface area contributed by atoms with Gasteiger partial charge in [0, 0.05) is 66.3 Å². The van der Waals surface area contributed by atoms with E-state index in [1.807, 2.05) is 72.9 Å². The normalized spacial score (nSPS) is 20.1. The Balaban J connectivity index is 0.000000204. The molecule has 9 rings (SSSR count). The van der Waals surface area contributed by atoms with Crippen LogP contribution in [0.25, 0.3) is 11.1 Å². The fourth-order valence-electron chi connectivity index (χ4n) is 8.52. The molecule has 67 heavy (non-hydrogen) atoms. The van der Waals surface area contributed by atoms with Crippen LogP contribution in [0.1, 0.15) is 85.4 Å². The molecule has 0 unspecified atom stereocenters. The van der Waals surface area contributed by atoms with E-state index in [9.17, 15) is 22.8 Å². The molecule has 0 bridgehead atoms.